The molecule has 0 fully saturated rings. The fraction of sp³-hybridized carbons (Fsp3) is 0.154. The monoisotopic (exact) mass is 276 g/mol. The highest BCUT2D eigenvalue weighted by Gasteiger charge is 2.05. The largest absolute Gasteiger partial charge is 0.269 e. The lowest BCUT2D eigenvalue weighted by molar-refractivity contribution is 0.427. The van der Waals surface area contributed by atoms with E-state index >= 15 is 0 Å². The van der Waals surface area contributed by atoms with Crippen LogP contribution in [0.2, 0.25) is 5.15 Å². The maximum absolute atomic E-state index is 12.2. The molecule has 0 aliphatic carbocycles. The molecule has 0 saturated heterocycles. The average Bonchev–Trinajstić information content (AvgIpc) is 2.87. The molecule has 0 bridgehead atoms. The minimum absolute atomic E-state index is 0.255. The van der Waals surface area contributed by atoms with Crippen molar-refractivity contribution in [1.29, 1.82) is 0 Å². The standard InChI is InChI=1S/C13H10ClFN4/c14-13-2-1-11-12(18-13)5-9(6-16-11)10-7-17-19(8-10)4-3-15/h1-2,5-8H,3-4H2. The van der Waals surface area contributed by atoms with Crippen molar-refractivity contribution >= 4 is 22.6 Å². The Hall–Kier alpha value is -2.01. The average molecular weight is 277 g/mol. The van der Waals surface area contributed by atoms with Gasteiger partial charge in [-0.1, -0.05) is 11.6 Å². The second kappa shape index (κ2) is 4.93. The zero-order valence-corrected chi connectivity index (χ0v) is 10.7. The lowest BCUT2D eigenvalue weighted by Gasteiger charge is -2.00. The number of halogens is 2. The summed E-state index contributed by atoms with van der Waals surface area (Å²) >= 11 is 5.87. The molecule has 0 N–H and O–H groups in total. The van der Waals surface area contributed by atoms with E-state index in [9.17, 15) is 4.39 Å². The van der Waals surface area contributed by atoms with Crippen molar-refractivity contribution in [3.8, 4) is 11.1 Å². The van der Waals surface area contributed by atoms with Crippen LogP contribution in [-0.2, 0) is 6.54 Å². The summed E-state index contributed by atoms with van der Waals surface area (Å²) < 4.78 is 13.8. The van der Waals surface area contributed by atoms with Crippen LogP contribution in [0.3, 0.4) is 0 Å². The summed E-state index contributed by atoms with van der Waals surface area (Å²) in [6.45, 7) is -0.181. The molecule has 0 spiro atoms. The van der Waals surface area contributed by atoms with E-state index in [2.05, 4.69) is 15.1 Å². The van der Waals surface area contributed by atoms with Gasteiger partial charge in [0.1, 0.15) is 11.8 Å². The molecule has 0 aromatic carbocycles. The van der Waals surface area contributed by atoms with Gasteiger partial charge in [-0.25, -0.2) is 9.37 Å². The fourth-order valence-electron chi connectivity index (χ4n) is 1.86. The van der Waals surface area contributed by atoms with E-state index in [1.165, 1.54) is 0 Å². The third-order valence-corrected chi connectivity index (χ3v) is 2.99. The number of hydrogen-bond donors (Lipinski definition) is 0. The van der Waals surface area contributed by atoms with Crippen LogP contribution in [0, 0.1) is 0 Å². The lowest BCUT2D eigenvalue weighted by atomic mass is 10.1. The Balaban J connectivity index is 2.03. The quantitative estimate of drug-likeness (QED) is 0.691. The van der Waals surface area contributed by atoms with Gasteiger partial charge in [0.2, 0.25) is 0 Å². The molecule has 19 heavy (non-hydrogen) atoms. The number of alkyl halides is 1. The molecule has 96 valence electrons. The van der Waals surface area contributed by atoms with Gasteiger partial charge in [0, 0.05) is 23.5 Å². The van der Waals surface area contributed by atoms with Gasteiger partial charge in [-0.2, -0.15) is 5.10 Å². The molecule has 6 heteroatoms. The zero-order chi connectivity index (χ0) is 13.2. The van der Waals surface area contributed by atoms with Crippen molar-refractivity contribution in [3.05, 3.63) is 41.9 Å². The molecule has 0 saturated carbocycles. The minimum Gasteiger partial charge on any atom is -0.269 e. The summed E-state index contributed by atoms with van der Waals surface area (Å²) in [6, 6.07) is 5.42. The predicted molar refractivity (Wildman–Crippen MR) is 71.7 cm³/mol. The first-order valence-electron chi connectivity index (χ1n) is 5.77. The second-order valence-corrected chi connectivity index (χ2v) is 4.46. The highest BCUT2D eigenvalue weighted by Crippen LogP contribution is 2.22. The number of nitrogens with zero attached hydrogens (tertiary/aromatic N) is 4. The number of aromatic nitrogens is 4. The topological polar surface area (TPSA) is 43.6 Å². The summed E-state index contributed by atoms with van der Waals surface area (Å²) in [5.74, 6) is 0. The van der Waals surface area contributed by atoms with Crippen LogP contribution in [-0.4, -0.2) is 26.4 Å². The molecule has 0 unspecified atom stereocenters. The molecule has 0 aliphatic rings. The fourth-order valence-corrected chi connectivity index (χ4v) is 2.02. The Labute approximate surface area is 113 Å². The van der Waals surface area contributed by atoms with Crippen LogP contribution in [0.5, 0.6) is 0 Å². The minimum atomic E-state index is -0.436. The maximum atomic E-state index is 12.2. The van der Waals surface area contributed by atoms with E-state index in [1.807, 2.05) is 12.1 Å². The number of pyridine rings is 2. The molecular formula is C13H10ClFN4. The lowest BCUT2D eigenvalue weighted by Crippen LogP contribution is -1.98. The third-order valence-electron chi connectivity index (χ3n) is 2.78. The van der Waals surface area contributed by atoms with E-state index in [4.69, 9.17) is 11.6 Å². The van der Waals surface area contributed by atoms with Gasteiger partial charge in [-0.15, -0.1) is 0 Å². The molecule has 0 aliphatic heterocycles. The van der Waals surface area contributed by atoms with Gasteiger partial charge in [-0.3, -0.25) is 9.67 Å². The van der Waals surface area contributed by atoms with Crippen LogP contribution in [0.15, 0.2) is 36.8 Å². The number of rotatable bonds is 3. The smallest absolute Gasteiger partial charge is 0.129 e. The Bertz CT molecular complexity index is 725. The first-order chi connectivity index (χ1) is 9.26. The molecular weight excluding hydrogens is 267 g/mol. The molecule has 3 aromatic heterocycles. The summed E-state index contributed by atoms with van der Waals surface area (Å²) in [7, 11) is 0. The molecule has 0 atom stereocenters. The maximum Gasteiger partial charge on any atom is 0.129 e. The van der Waals surface area contributed by atoms with Crippen LogP contribution in [0.4, 0.5) is 4.39 Å². The highest BCUT2D eigenvalue weighted by molar-refractivity contribution is 6.29. The zero-order valence-electron chi connectivity index (χ0n) is 9.92. The molecule has 3 heterocycles. The second-order valence-electron chi connectivity index (χ2n) is 4.08. The van der Waals surface area contributed by atoms with E-state index in [0.29, 0.717) is 5.15 Å². The molecule has 0 radical (unpaired) electrons. The summed E-state index contributed by atoms with van der Waals surface area (Å²) in [5.41, 5.74) is 3.27. The van der Waals surface area contributed by atoms with Crippen molar-refractivity contribution in [2.24, 2.45) is 0 Å². The molecule has 0 amide bonds. The number of fused-ring (bicyclic) bond motifs is 1. The molecule has 4 nitrogen and oxygen atoms in total. The van der Waals surface area contributed by atoms with E-state index in [-0.39, 0.29) is 6.54 Å². The Kier molecular flexibility index (Phi) is 3.13. The number of aryl methyl sites for hydroxylation is 1. The van der Waals surface area contributed by atoms with E-state index < -0.39 is 6.67 Å². The van der Waals surface area contributed by atoms with Gasteiger partial charge in [-0.05, 0) is 18.2 Å². The Morgan fingerprint density at radius 3 is 2.89 bits per heavy atom. The van der Waals surface area contributed by atoms with Crippen molar-refractivity contribution in [2.45, 2.75) is 6.54 Å². The van der Waals surface area contributed by atoms with Crippen LogP contribution in [0.1, 0.15) is 0 Å². The number of hydrogen-bond acceptors (Lipinski definition) is 3. The van der Waals surface area contributed by atoms with Crippen molar-refractivity contribution < 1.29 is 4.39 Å². The SMILES string of the molecule is FCCn1cc(-c2cnc3ccc(Cl)nc3c2)cn1. The van der Waals surface area contributed by atoms with Gasteiger partial charge < -0.3 is 0 Å². The van der Waals surface area contributed by atoms with Crippen molar-refractivity contribution in [3.63, 3.8) is 0 Å². The normalized spacial score (nSPS) is 11.1. The molecule has 3 aromatic rings. The Morgan fingerprint density at radius 2 is 2.05 bits per heavy atom. The van der Waals surface area contributed by atoms with Gasteiger partial charge in [0.05, 0.1) is 23.8 Å². The summed E-state index contributed by atoms with van der Waals surface area (Å²) in [6.07, 6.45) is 5.21. The van der Waals surface area contributed by atoms with Crippen LogP contribution >= 0.6 is 11.6 Å². The van der Waals surface area contributed by atoms with Crippen molar-refractivity contribution in [1.82, 2.24) is 19.7 Å². The van der Waals surface area contributed by atoms with Crippen LogP contribution in [0.25, 0.3) is 22.2 Å². The summed E-state index contributed by atoms with van der Waals surface area (Å²) in [5, 5.41) is 4.51. The van der Waals surface area contributed by atoms with E-state index in [0.717, 1.165) is 22.2 Å². The third kappa shape index (κ3) is 2.42. The van der Waals surface area contributed by atoms with Crippen molar-refractivity contribution in [2.75, 3.05) is 6.67 Å². The van der Waals surface area contributed by atoms with E-state index in [1.54, 1.807) is 29.3 Å². The van der Waals surface area contributed by atoms with Gasteiger partial charge >= 0.3 is 0 Å². The first-order valence-corrected chi connectivity index (χ1v) is 6.15. The first kappa shape index (κ1) is 12.0. The van der Waals surface area contributed by atoms with Gasteiger partial charge in [0.25, 0.3) is 0 Å². The summed E-state index contributed by atoms with van der Waals surface area (Å²) in [4.78, 5) is 8.54. The Morgan fingerprint density at radius 1 is 1.16 bits per heavy atom. The van der Waals surface area contributed by atoms with Crippen LogP contribution < -0.4 is 0 Å². The highest BCUT2D eigenvalue weighted by atomic mass is 35.5. The van der Waals surface area contributed by atoms with Gasteiger partial charge in [0.15, 0.2) is 0 Å². The molecule has 3 rings (SSSR count). The predicted octanol–water partition coefficient (Wildman–Crippen LogP) is 3.12.